The fourth-order valence-electron chi connectivity index (χ4n) is 2.51. The number of allylic oxidation sites excluding steroid dienone is 2. The van der Waals surface area contributed by atoms with Crippen molar-refractivity contribution in [2.75, 3.05) is 0 Å². The summed E-state index contributed by atoms with van der Waals surface area (Å²) in [5.41, 5.74) is 1.92. The summed E-state index contributed by atoms with van der Waals surface area (Å²) in [7, 11) is 0. The van der Waals surface area contributed by atoms with Crippen molar-refractivity contribution < 1.29 is 14.4 Å². The van der Waals surface area contributed by atoms with Crippen LogP contribution in [0.5, 0.6) is 0 Å². The van der Waals surface area contributed by atoms with Crippen molar-refractivity contribution >= 4 is 51.1 Å². The Kier molecular flexibility index (Phi) is 6.51. The molecule has 1 aliphatic heterocycles. The van der Waals surface area contributed by atoms with E-state index in [2.05, 4.69) is 40.1 Å². The second-order valence-electron chi connectivity index (χ2n) is 5.42. The van der Waals surface area contributed by atoms with E-state index >= 15 is 0 Å². The van der Waals surface area contributed by atoms with E-state index in [1.165, 1.54) is 11.3 Å². The molecule has 0 saturated carbocycles. The first-order valence-electron chi connectivity index (χ1n) is 7.72. The Balaban J connectivity index is 2.25. The lowest BCUT2D eigenvalue weighted by Crippen LogP contribution is -2.52. The molecular formula is C17H19BrN2O3S. The number of amides is 3. The number of piperidine rings is 1. The first-order valence-corrected chi connectivity index (χ1v) is 9.33. The highest BCUT2D eigenvalue weighted by atomic mass is 79.9. The number of carbonyl (C=O) groups excluding carboxylic acids is 3. The molecule has 24 heavy (non-hydrogen) atoms. The van der Waals surface area contributed by atoms with Gasteiger partial charge >= 0.3 is 0 Å². The number of nitrogens with one attached hydrogen (secondary N) is 2. The van der Waals surface area contributed by atoms with Gasteiger partial charge in [0, 0.05) is 12.0 Å². The van der Waals surface area contributed by atoms with Crippen molar-refractivity contribution in [3.8, 4) is 0 Å². The summed E-state index contributed by atoms with van der Waals surface area (Å²) in [4.78, 5) is 36.3. The smallest absolute Gasteiger partial charge is 0.262 e. The fraction of sp³-hybridized carbons (Fsp3) is 0.353. The first-order chi connectivity index (χ1) is 11.5. The summed E-state index contributed by atoms with van der Waals surface area (Å²) < 4.78 is 0.873. The van der Waals surface area contributed by atoms with Gasteiger partial charge < -0.3 is 5.32 Å². The van der Waals surface area contributed by atoms with Crippen molar-refractivity contribution in [1.82, 2.24) is 10.6 Å². The molecule has 2 heterocycles. The minimum Gasteiger partial charge on any atom is -0.340 e. The van der Waals surface area contributed by atoms with Crippen LogP contribution in [-0.4, -0.2) is 23.8 Å². The fourth-order valence-corrected chi connectivity index (χ4v) is 4.34. The van der Waals surface area contributed by atoms with Gasteiger partial charge in [0.2, 0.25) is 11.8 Å². The van der Waals surface area contributed by atoms with E-state index in [0.717, 1.165) is 27.8 Å². The van der Waals surface area contributed by atoms with Gasteiger partial charge in [0.1, 0.15) is 6.04 Å². The van der Waals surface area contributed by atoms with Gasteiger partial charge in [-0.25, -0.2) is 0 Å². The molecule has 1 aliphatic rings. The Hall–Kier alpha value is -1.73. The SMILES string of the molecule is C=C/C=C\c1c(Br)sc(C(=O)NC2CCC(=O)NC2=O)c1CCC. The molecule has 0 radical (unpaired) electrons. The molecule has 1 saturated heterocycles. The van der Waals surface area contributed by atoms with Gasteiger partial charge in [0.05, 0.1) is 8.66 Å². The lowest BCUT2D eigenvalue weighted by atomic mass is 10.0. The quantitative estimate of drug-likeness (QED) is 0.558. The number of carbonyl (C=O) groups is 3. The maximum absolute atomic E-state index is 12.6. The van der Waals surface area contributed by atoms with Crippen LogP contribution >= 0.6 is 27.3 Å². The molecule has 1 fully saturated rings. The zero-order valence-corrected chi connectivity index (χ0v) is 15.8. The predicted molar refractivity (Wildman–Crippen MR) is 98.9 cm³/mol. The van der Waals surface area contributed by atoms with E-state index in [-0.39, 0.29) is 18.2 Å². The normalized spacial score (nSPS) is 17.8. The average molecular weight is 411 g/mol. The summed E-state index contributed by atoms with van der Waals surface area (Å²) in [5.74, 6) is -1.02. The largest absolute Gasteiger partial charge is 0.340 e. The molecule has 5 nitrogen and oxygen atoms in total. The highest BCUT2D eigenvalue weighted by Crippen LogP contribution is 2.35. The van der Waals surface area contributed by atoms with Crippen molar-refractivity contribution in [3.63, 3.8) is 0 Å². The van der Waals surface area contributed by atoms with Gasteiger partial charge in [-0.05, 0) is 34.3 Å². The standard InChI is InChI=1S/C17H19BrN2O3S/c1-3-5-7-11-10(6-4-2)14(24-15(11)18)17(23)19-12-8-9-13(21)20-16(12)22/h3,5,7,12H,1,4,6,8-9H2,2H3,(H,19,23)(H,20,21,22)/b7-5-. The van der Waals surface area contributed by atoms with Crippen LogP contribution in [-0.2, 0) is 16.0 Å². The molecule has 2 N–H and O–H groups in total. The summed E-state index contributed by atoms with van der Waals surface area (Å²) in [6, 6.07) is -0.669. The van der Waals surface area contributed by atoms with Crippen LogP contribution < -0.4 is 10.6 Å². The maximum atomic E-state index is 12.6. The van der Waals surface area contributed by atoms with Crippen LogP contribution in [0, 0.1) is 0 Å². The van der Waals surface area contributed by atoms with Gasteiger partial charge in [-0.3, -0.25) is 19.7 Å². The Morgan fingerprint density at radius 1 is 1.50 bits per heavy atom. The van der Waals surface area contributed by atoms with Gasteiger partial charge in [-0.1, -0.05) is 38.2 Å². The third kappa shape index (κ3) is 4.21. The molecule has 1 aromatic rings. The van der Waals surface area contributed by atoms with Crippen LogP contribution in [0.1, 0.15) is 47.0 Å². The highest BCUT2D eigenvalue weighted by molar-refractivity contribution is 9.11. The second-order valence-corrected chi connectivity index (χ2v) is 7.76. The van der Waals surface area contributed by atoms with E-state index in [9.17, 15) is 14.4 Å². The lowest BCUT2D eigenvalue weighted by molar-refractivity contribution is -0.134. The van der Waals surface area contributed by atoms with Crippen LogP contribution in [0.2, 0.25) is 0 Å². The number of hydrogen-bond acceptors (Lipinski definition) is 4. The van der Waals surface area contributed by atoms with Crippen molar-refractivity contribution in [1.29, 1.82) is 0 Å². The van der Waals surface area contributed by atoms with Crippen LogP contribution in [0.3, 0.4) is 0 Å². The number of thiophene rings is 1. The van der Waals surface area contributed by atoms with E-state index in [0.29, 0.717) is 11.3 Å². The number of halogens is 1. The third-order valence-electron chi connectivity index (χ3n) is 3.65. The Morgan fingerprint density at radius 3 is 2.88 bits per heavy atom. The Morgan fingerprint density at radius 2 is 2.25 bits per heavy atom. The van der Waals surface area contributed by atoms with E-state index in [1.807, 2.05) is 12.2 Å². The molecule has 0 aliphatic carbocycles. The van der Waals surface area contributed by atoms with Crippen LogP contribution in [0.4, 0.5) is 0 Å². The number of imide groups is 1. The van der Waals surface area contributed by atoms with Crippen molar-refractivity contribution in [2.45, 2.75) is 38.6 Å². The van der Waals surface area contributed by atoms with Crippen molar-refractivity contribution in [3.05, 3.63) is 38.5 Å². The first kappa shape index (κ1) is 18.6. The molecule has 7 heteroatoms. The van der Waals surface area contributed by atoms with E-state index < -0.39 is 11.9 Å². The molecule has 1 atom stereocenters. The molecule has 2 rings (SSSR count). The minimum atomic E-state index is -0.669. The zero-order valence-electron chi connectivity index (χ0n) is 13.4. The predicted octanol–water partition coefficient (Wildman–Crippen LogP) is 3.20. The lowest BCUT2D eigenvalue weighted by Gasteiger charge is -2.21. The number of hydrogen-bond donors (Lipinski definition) is 2. The molecule has 1 unspecified atom stereocenters. The molecular weight excluding hydrogens is 392 g/mol. The van der Waals surface area contributed by atoms with Gasteiger partial charge in [0.25, 0.3) is 5.91 Å². The summed E-state index contributed by atoms with van der Waals surface area (Å²) in [6.45, 7) is 5.71. The van der Waals surface area contributed by atoms with Gasteiger partial charge in [-0.2, -0.15) is 0 Å². The monoisotopic (exact) mass is 410 g/mol. The second kappa shape index (κ2) is 8.39. The molecule has 0 bridgehead atoms. The van der Waals surface area contributed by atoms with Crippen molar-refractivity contribution in [2.24, 2.45) is 0 Å². The molecule has 0 spiro atoms. The topological polar surface area (TPSA) is 75.3 Å². The third-order valence-corrected chi connectivity index (χ3v) is 5.60. The van der Waals surface area contributed by atoms with Gasteiger partial charge in [-0.15, -0.1) is 11.3 Å². The zero-order chi connectivity index (χ0) is 17.7. The average Bonchev–Trinajstić information content (AvgIpc) is 2.84. The van der Waals surface area contributed by atoms with Crippen LogP contribution in [0.15, 0.2) is 22.5 Å². The summed E-state index contributed by atoms with van der Waals surface area (Å²) >= 11 is 4.86. The molecule has 3 amide bonds. The minimum absolute atomic E-state index is 0.236. The number of rotatable bonds is 6. The summed E-state index contributed by atoms with van der Waals surface area (Å²) in [5, 5.41) is 4.99. The summed E-state index contributed by atoms with van der Waals surface area (Å²) in [6.07, 6.45) is 7.65. The van der Waals surface area contributed by atoms with Crippen LogP contribution in [0.25, 0.3) is 6.08 Å². The Bertz CT molecular complexity index is 709. The van der Waals surface area contributed by atoms with E-state index in [1.54, 1.807) is 6.08 Å². The molecule has 1 aromatic heterocycles. The maximum Gasteiger partial charge on any atom is 0.262 e. The molecule has 128 valence electrons. The highest BCUT2D eigenvalue weighted by Gasteiger charge is 2.29. The Labute approximate surface area is 153 Å². The molecule has 0 aromatic carbocycles. The van der Waals surface area contributed by atoms with E-state index in [4.69, 9.17) is 0 Å². The van der Waals surface area contributed by atoms with Gasteiger partial charge in [0.15, 0.2) is 0 Å².